The van der Waals surface area contributed by atoms with Gasteiger partial charge in [-0.2, -0.15) is 0 Å². The van der Waals surface area contributed by atoms with Crippen molar-refractivity contribution in [2.24, 2.45) is 5.73 Å². The van der Waals surface area contributed by atoms with E-state index in [0.717, 1.165) is 0 Å². The minimum Gasteiger partial charge on any atom is -0.497 e. The Bertz CT molecular complexity index is 412. The third-order valence-electron chi connectivity index (χ3n) is 2.33. The summed E-state index contributed by atoms with van der Waals surface area (Å²) in [6.45, 7) is 2.05. The molecule has 0 fully saturated rings. The van der Waals surface area contributed by atoms with Crippen molar-refractivity contribution in [2.45, 2.75) is 0 Å². The maximum atomic E-state index is 5.60. The molecule has 0 amide bonds. The lowest BCUT2D eigenvalue weighted by molar-refractivity contribution is 0.0544. The first-order valence-corrected chi connectivity index (χ1v) is 6.26. The number of thiocarbonyl (C=S) groups is 1. The fourth-order valence-corrected chi connectivity index (χ4v) is 1.50. The predicted octanol–water partition coefficient (Wildman–Crippen LogP) is 1.37. The molecular weight excluding hydrogens is 266 g/mol. The minimum atomic E-state index is 0.306. The van der Waals surface area contributed by atoms with Gasteiger partial charge in [0.2, 0.25) is 0 Å². The molecular formula is C13H19NO4S. The van der Waals surface area contributed by atoms with Crippen molar-refractivity contribution in [1.82, 2.24) is 0 Å². The molecule has 0 radical (unpaired) electrons. The maximum absolute atomic E-state index is 5.60. The van der Waals surface area contributed by atoms with Crippen LogP contribution in [0.4, 0.5) is 0 Å². The average Bonchev–Trinajstić information content (AvgIpc) is 2.42. The zero-order valence-electron chi connectivity index (χ0n) is 11.2. The van der Waals surface area contributed by atoms with E-state index >= 15 is 0 Å². The molecule has 1 rings (SSSR count). The summed E-state index contributed by atoms with van der Waals surface area (Å²) in [5, 5.41) is 0. The smallest absolute Gasteiger partial charge is 0.123 e. The Morgan fingerprint density at radius 1 is 1.05 bits per heavy atom. The summed E-state index contributed by atoms with van der Waals surface area (Å²) in [6, 6.07) is 5.32. The molecule has 0 spiro atoms. The zero-order chi connectivity index (χ0) is 14.1. The molecule has 0 aliphatic carbocycles. The highest BCUT2D eigenvalue weighted by Gasteiger charge is 2.04. The summed E-state index contributed by atoms with van der Waals surface area (Å²) in [7, 11) is 3.21. The van der Waals surface area contributed by atoms with Gasteiger partial charge in [0.1, 0.15) is 23.1 Å². The van der Waals surface area contributed by atoms with Gasteiger partial charge in [-0.3, -0.25) is 0 Å². The summed E-state index contributed by atoms with van der Waals surface area (Å²) < 4.78 is 20.9. The lowest BCUT2D eigenvalue weighted by Crippen LogP contribution is -2.12. The normalized spacial score (nSPS) is 10.2. The molecule has 0 aliphatic heterocycles. The van der Waals surface area contributed by atoms with Gasteiger partial charge in [0.25, 0.3) is 0 Å². The van der Waals surface area contributed by atoms with Crippen molar-refractivity contribution in [3.05, 3.63) is 23.8 Å². The summed E-state index contributed by atoms with van der Waals surface area (Å²) >= 11 is 4.94. The van der Waals surface area contributed by atoms with Gasteiger partial charge in [-0.05, 0) is 12.1 Å². The van der Waals surface area contributed by atoms with Crippen LogP contribution < -0.4 is 15.2 Å². The van der Waals surface area contributed by atoms with Gasteiger partial charge in [-0.15, -0.1) is 0 Å². The quantitative estimate of drug-likeness (QED) is 0.546. The van der Waals surface area contributed by atoms with Gasteiger partial charge in [0.05, 0.1) is 26.9 Å². The summed E-state index contributed by atoms with van der Waals surface area (Å²) in [6.07, 6.45) is 0. The van der Waals surface area contributed by atoms with E-state index in [1.165, 1.54) is 0 Å². The molecule has 0 heterocycles. The number of hydrogen-bond donors (Lipinski definition) is 1. The lowest BCUT2D eigenvalue weighted by atomic mass is 10.2. The second kappa shape index (κ2) is 8.68. The standard InChI is InChI=1S/C13H19NO4S/c1-15-3-4-17-5-6-18-12-8-10(13(14)19)7-11(9-12)16-2/h7-9H,3-6H2,1-2H3,(H2,14,19). The minimum absolute atomic E-state index is 0.306. The Morgan fingerprint density at radius 2 is 1.74 bits per heavy atom. The third kappa shape index (κ3) is 5.87. The highest BCUT2D eigenvalue weighted by molar-refractivity contribution is 7.80. The molecule has 1 aromatic rings. The highest BCUT2D eigenvalue weighted by atomic mass is 32.1. The number of rotatable bonds is 9. The van der Waals surface area contributed by atoms with E-state index in [1.54, 1.807) is 32.4 Å². The van der Waals surface area contributed by atoms with Crippen LogP contribution in [0.15, 0.2) is 18.2 Å². The second-order valence-electron chi connectivity index (χ2n) is 3.72. The predicted molar refractivity (Wildman–Crippen MR) is 77.1 cm³/mol. The lowest BCUT2D eigenvalue weighted by Gasteiger charge is -2.10. The Hall–Kier alpha value is -1.37. The zero-order valence-corrected chi connectivity index (χ0v) is 12.0. The van der Waals surface area contributed by atoms with E-state index in [9.17, 15) is 0 Å². The Morgan fingerprint density at radius 3 is 2.37 bits per heavy atom. The Balaban J connectivity index is 2.48. The first kappa shape index (κ1) is 15.7. The molecule has 0 unspecified atom stereocenters. The van der Waals surface area contributed by atoms with Crippen molar-refractivity contribution in [3.63, 3.8) is 0 Å². The second-order valence-corrected chi connectivity index (χ2v) is 4.15. The molecule has 6 heteroatoms. The number of methoxy groups -OCH3 is 2. The van der Waals surface area contributed by atoms with Gasteiger partial charge >= 0.3 is 0 Å². The van der Waals surface area contributed by atoms with E-state index in [0.29, 0.717) is 48.5 Å². The van der Waals surface area contributed by atoms with Crippen molar-refractivity contribution in [2.75, 3.05) is 40.6 Å². The van der Waals surface area contributed by atoms with Crippen LogP contribution in [0.2, 0.25) is 0 Å². The molecule has 0 aromatic heterocycles. The maximum Gasteiger partial charge on any atom is 0.123 e. The van der Waals surface area contributed by atoms with Gasteiger partial charge < -0.3 is 24.7 Å². The van der Waals surface area contributed by atoms with Gasteiger partial charge in [0.15, 0.2) is 0 Å². The van der Waals surface area contributed by atoms with E-state index < -0.39 is 0 Å². The largest absolute Gasteiger partial charge is 0.497 e. The summed E-state index contributed by atoms with van der Waals surface area (Å²) in [4.78, 5) is 0.306. The summed E-state index contributed by atoms with van der Waals surface area (Å²) in [5.74, 6) is 1.30. The third-order valence-corrected chi connectivity index (χ3v) is 2.56. The number of ether oxygens (including phenoxy) is 4. The van der Waals surface area contributed by atoms with Gasteiger partial charge in [-0.25, -0.2) is 0 Å². The van der Waals surface area contributed by atoms with Crippen LogP contribution >= 0.6 is 12.2 Å². The van der Waals surface area contributed by atoms with Crippen LogP contribution in [0, 0.1) is 0 Å². The molecule has 2 N–H and O–H groups in total. The number of nitrogens with two attached hydrogens (primary N) is 1. The van der Waals surface area contributed by atoms with Crippen molar-refractivity contribution in [1.29, 1.82) is 0 Å². The van der Waals surface area contributed by atoms with E-state index in [1.807, 2.05) is 0 Å². The molecule has 0 bridgehead atoms. The van der Waals surface area contributed by atoms with Crippen molar-refractivity contribution >= 4 is 17.2 Å². The van der Waals surface area contributed by atoms with E-state index in [4.69, 9.17) is 36.9 Å². The van der Waals surface area contributed by atoms with E-state index in [-0.39, 0.29) is 0 Å². The molecule has 5 nitrogen and oxygen atoms in total. The van der Waals surface area contributed by atoms with Crippen LogP contribution in [0.3, 0.4) is 0 Å². The fraction of sp³-hybridized carbons (Fsp3) is 0.462. The van der Waals surface area contributed by atoms with Gasteiger partial charge in [0, 0.05) is 18.7 Å². The van der Waals surface area contributed by atoms with Crippen LogP contribution in [0.5, 0.6) is 11.5 Å². The molecule has 0 saturated heterocycles. The topological polar surface area (TPSA) is 62.9 Å². The number of benzene rings is 1. The Kier molecular flexibility index (Phi) is 7.17. The average molecular weight is 285 g/mol. The molecule has 106 valence electrons. The fourth-order valence-electron chi connectivity index (χ4n) is 1.38. The molecule has 1 aromatic carbocycles. The van der Waals surface area contributed by atoms with Crippen LogP contribution in [0.25, 0.3) is 0 Å². The molecule has 0 aliphatic rings. The highest BCUT2D eigenvalue weighted by Crippen LogP contribution is 2.22. The molecule has 19 heavy (non-hydrogen) atoms. The van der Waals surface area contributed by atoms with E-state index in [2.05, 4.69) is 0 Å². The molecule has 0 saturated carbocycles. The van der Waals surface area contributed by atoms with Crippen molar-refractivity contribution in [3.8, 4) is 11.5 Å². The first-order chi connectivity index (χ1) is 9.17. The van der Waals surface area contributed by atoms with Crippen LogP contribution in [-0.2, 0) is 9.47 Å². The summed E-state index contributed by atoms with van der Waals surface area (Å²) in [5.41, 5.74) is 6.31. The number of hydrogen-bond acceptors (Lipinski definition) is 5. The molecule has 0 atom stereocenters. The van der Waals surface area contributed by atoms with Crippen LogP contribution in [0.1, 0.15) is 5.56 Å². The first-order valence-electron chi connectivity index (χ1n) is 5.85. The monoisotopic (exact) mass is 285 g/mol. The van der Waals surface area contributed by atoms with Crippen LogP contribution in [-0.4, -0.2) is 45.6 Å². The van der Waals surface area contributed by atoms with Gasteiger partial charge in [-0.1, -0.05) is 12.2 Å². The Labute approximate surface area is 118 Å². The van der Waals surface area contributed by atoms with Crippen molar-refractivity contribution < 1.29 is 18.9 Å². The SMILES string of the molecule is COCCOCCOc1cc(OC)cc(C(N)=S)c1.